The third-order valence-electron chi connectivity index (χ3n) is 5.33. The summed E-state index contributed by atoms with van der Waals surface area (Å²) in [5, 5.41) is 0. The van der Waals surface area contributed by atoms with E-state index in [4.69, 9.17) is 0 Å². The molecule has 0 aromatic rings. The van der Waals surface area contributed by atoms with Gasteiger partial charge in [0.15, 0.2) is 0 Å². The number of ketones is 1. The standard InChI is InChI=1S/C18H31NO2/c1-15(20)17-11-5-6-13-19(14-17)18(21)12-7-10-16-8-3-2-4-9-16/h16-17H,2-14H2,1H3. The summed E-state index contributed by atoms with van der Waals surface area (Å²) in [4.78, 5) is 25.9. The Balaban J connectivity index is 1.72. The van der Waals surface area contributed by atoms with Crippen LogP contribution < -0.4 is 0 Å². The molecular weight excluding hydrogens is 262 g/mol. The van der Waals surface area contributed by atoms with Crippen LogP contribution >= 0.6 is 0 Å². The van der Waals surface area contributed by atoms with E-state index >= 15 is 0 Å². The van der Waals surface area contributed by atoms with E-state index in [0.717, 1.165) is 38.1 Å². The van der Waals surface area contributed by atoms with Crippen LogP contribution in [-0.2, 0) is 9.59 Å². The minimum Gasteiger partial charge on any atom is -0.342 e. The zero-order valence-electron chi connectivity index (χ0n) is 13.6. The smallest absolute Gasteiger partial charge is 0.222 e. The maximum Gasteiger partial charge on any atom is 0.222 e. The molecule has 3 heteroatoms. The highest BCUT2D eigenvalue weighted by atomic mass is 16.2. The van der Waals surface area contributed by atoms with E-state index in [1.54, 1.807) is 6.92 Å². The fourth-order valence-corrected chi connectivity index (χ4v) is 3.88. The first-order chi connectivity index (χ1) is 10.2. The van der Waals surface area contributed by atoms with Crippen molar-refractivity contribution < 1.29 is 9.59 Å². The Morgan fingerprint density at radius 1 is 1.00 bits per heavy atom. The number of likely N-dealkylation sites (tertiary alicyclic amines) is 1. The fraction of sp³-hybridized carbons (Fsp3) is 0.889. The first kappa shape index (κ1) is 16.5. The van der Waals surface area contributed by atoms with Crippen molar-refractivity contribution in [3.63, 3.8) is 0 Å². The molecule has 1 heterocycles. The summed E-state index contributed by atoms with van der Waals surface area (Å²) in [6.07, 6.45) is 12.9. The lowest BCUT2D eigenvalue weighted by Crippen LogP contribution is -2.36. The van der Waals surface area contributed by atoms with Crippen molar-refractivity contribution >= 4 is 11.7 Å². The molecule has 0 aromatic carbocycles. The second-order valence-electron chi connectivity index (χ2n) is 7.04. The summed E-state index contributed by atoms with van der Waals surface area (Å²) in [5.74, 6) is 1.46. The molecule has 1 amide bonds. The second kappa shape index (κ2) is 8.55. The molecule has 3 nitrogen and oxygen atoms in total. The monoisotopic (exact) mass is 293 g/mol. The summed E-state index contributed by atoms with van der Waals surface area (Å²) >= 11 is 0. The predicted molar refractivity (Wildman–Crippen MR) is 85.0 cm³/mol. The number of rotatable bonds is 5. The molecule has 1 saturated heterocycles. The molecule has 0 spiro atoms. The van der Waals surface area contributed by atoms with Crippen molar-refractivity contribution in [1.82, 2.24) is 4.90 Å². The Bertz CT molecular complexity index is 347. The first-order valence-electron chi connectivity index (χ1n) is 8.95. The lowest BCUT2D eigenvalue weighted by Gasteiger charge is -2.24. The molecule has 1 aliphatic heterocycles. The normalized spacial score (nSPS) is 24.6. The van der Waals surface area contributed by atoms with Crippen LogP contribution in [0.2, 0.25) is 0 Å². The third-order valence-corrected chi connectivity index (χ3v) is 5.33. The van der Waals surface area contributed by atoms with Crippen molar-refractivity contribution in [1.29, 1.82) is 0 Å². The molecule has 1 aliphatic carbocycles. The Kier molecular flexibility index (Phi) is 6.72. The van der Waals surface area contributed by atoms with Crippen LogP contribution in [-0.4, -0.2) is 29.7 Å². The Hall–Kier alpha value is -0.860. The van der Waals surface area contributed by atoms with Gasteiger partial charge >= 0.3 is 0 Å². The number of hydrogen-bond donors (Lipinski definition) is 0. The largest absolute Gasteiger partial charge is 0.342 e. The summed E-state index contributed by atoms with van der Waals surface area (Å²) < 4.78 is 0. The van der Waals surface area contributed by atoms with Crippen LogP contribution in [0, 0.1) is 11.8 Å². The Morgan fingerprint density at radius 3 is 2.43 bits per heavy atom. The van der Waals surface area contributed by atoms with E-state index in [2.05, 4.69) is 0 Å². The number of hydrogen-bond acceptors (Lipinski definition) is 2. The first-order valence-corrected chi connectivity index (χ1v) is 8.95. The highest BCUT2D eigenvalue weighted by Crippen LogP contribution is 2.28. The number of amides is 1. The molecule has 2 fully saturated rings. The lowest BCUT2D eigenvalue weighted by molar-refractivity contribution is -0.132. The predicted octanol–water partition coefficient (Wildman–Crippen LogP) is 3.95. The zero-order chi connectivity index (χ0) is 15.1. The third kappa shape index (κ3) is 5.44. The second-order valence-corrected chi connectivity index (χ2v) is 7.04. The van der Waals surface area contributed by atoms with Crippen molar-refractivity contribution in [3.05, 3.63) is 0 Å². The van der Waals surface area contributed by atoms with Crippen LogP contribution in [0.3, 0.4) is 0 Å². The van der Waals surface area contributed by atoms with Gasteiger partial charge in [-0.3, -0.25) is 9.59 Å². The number of carbonyl (C=O) groups excluding carboxylic acids is 2. The van der Waals surface area contributed by atoms with E-state index in [1.165, 1.54) is 38.5 Å². The average Bonchev–Trinajstić information content (AvgIpc) is 2.74. The van der Waals surface area contributed by atoms with Gasteiger partial charge in [0, 0.05) is 25.4 Å². The topological polar surface area (TPSA) is 37.4 Å². The maximum atomic E-state index is 12.4. The van der Waals surface area contributed by atoms with Crippen LogP contribution in [0.5, 0.6) is 0 Å². The summed E-state index contributed by atoms with van der Waals surface area (Å²) in [6.45, 7) is 3.19. The molecule has 2 rings (SSSR count). The molecular formula is C18H31NO2. The molecule has 0 N–H and O–H groups in total. The van der Waals surface area contributed by atoms with Crippen LogP contribution in [0.1, 0.15) is 77.6 Å². The van der Waals surface area contributed by atoms with E-state index < -0.39 is 0 Å². The number of nitrogens with zero attached hydrogens (tertiary/aromatic N) is 1. The van der Waals surface area contributed by atoms with Crippen LogP contribution in [0.25, 0.3) is 0 Å². The van der Waals surface area contributed by atoms with Gasteiger partial charge in [0.25, 0.3) is 0 Å². The Morgan fingerprint density at radius 2 is 1.71 bits per heavy atom. The fourth-order valence-electron chi connectivity index (χ4n) is 3.88. The van der Waals surface area contributed by atoms with Crippen molar-refractivity contribution in [2.45, 2.75) is 77.6 Å². The molecule has 0 bridgehead atoms. The minimum atomic E-state index is 0.0785. The van der Waals surface area contributed by atoms with E-state index in [0.29, 0.717) is 13.0 Å². The molecule has 0 radical (unpaired) electrons. The summed E-state index contributed by atoms with van der Waals surface area (Å²) in [5.41, 5.74) is 0. The van der Waals surface area contributed by atoms with Gasteiger partial charge < -0.3 is 4.90 Å². The van der Waals surface area contributed by atoms with Gasteiger partial charge in [-0.25, -0.2) is 0 Å². The molecule has 1 unspecified atom stereocenters. The van der Waals surface area contributed by atoms with Gasteiger partial charge in [-0.1, -0.05) is 38.5 Å². The highest BCUT2D eigenvalue weighted by Gasteiger charge is 2.24. The van der Waals surface area contributed by atoms with Crippen molar-refractivity contribution in [2.75, 3.05) is 13.1 Å². The van der Waals surface area contributed by atoms with Gasteiger partial charge in [0.1, 0.15) is 5.78 Å². The molecule has 1 saturated carbocycles. The molecule has 120 valence electrons. The zero-order valence-corrected chi connectivity index (χ0v) is 13.6. The van der Waals surface area contributed by atoms with Gasteiger partial charge in [0.05, 0.1) is 0 Å². The van der Waals surface area contributed by atoms with Crippen molar-refractivity contribution in [3.8, 4) is 0 Å². The quantitative estimate of drug-likeness (QED) is 0.769. The molecule has 2 aliphatic rings. The highest BCUT2D eigenvalue weighted by molar-refractivity contribution is 5.80. The molecule has 0 aromatic heterocycles. The summed E-state index contributed by atoms with van der Waals surface area (Å²) in [7, 11) is 0. The van der Waals surface area contributed by atoms with Gasteiger partial charge in [-0.15, -0.1) is 0 Å². The summed E-state index contributed by atoms with van der Waals surface area (Å²) in [6, 6.07) is 0. The lowest BCUT2D eigenvalue weighted by atomic mass is 9.86. The maximum absolute atomic E-state index is 12.4. The van der Waals surface area contributed by atoms with Gasteiger partial charge in [-0.05, 0) is 38.5 Å². The van der Waals surface area contributed by atoms with Gasteiger partial charge in [0.2, 0.25) is 5.91 Å². The SMILES string of the molecule is CC(=O)C1CCCCN(C(=O)CCCC2CCCCC2)C1. The number of carbonyl (C=O) groups is 2. The molecule has 21 heavy (non-hydrogen) atoms. The van der Waals surface area contributed by atoms with E-state index in [9.17, 15) is 9.59 Å². The van der Waals surface area contributed by atoms with Crippen molar-refractivity contribution in [2.24, 2.45) is 11.8 Å². The Labute approximate surface area is 129 Å². The average molecular weight is 293 g/mol. The molecule has 1 atom stereocenters. The van der Waals surface area contributed by atoms with E-state index in [1.807, 2.05) is 4.90 Å². The van der Waals surface area contributed by atoms with Crippen LogP contribution in [0.4, 0.5) is 0 Å². The van der Waals surface area contributed by atoms with E-state index in [-0.39, 0.29) is 17.6 Å². The number of Topliss-reactive ketones (excluding diaryl/α,β-unsaturated/α-hetero) is 1. The minimum absolute atomic E-state index is 0.0785. The van der Waals surface area contributed by atoms with Gasteiger partial charge in [-0.2, -0.15) is 0 Å². The van der Waals surface area contributed by atoms with Crippen LogP contribution in [0.15, 0.2) is 0 Å².